The van der Waals surface area contributed by atoms with E-state index in [2.05, 4.69) is 9.62 Å². The Labute approximate surface area is 156 Å². The van der Waals surface area contributed by atoms with Crippen molar-refractivity contribution in [1.29, 1.82) is 0 Å². The third-order valence-corrected chi connectivity index (χ3v) is 6.21. The van der Waals surface area contributed by atoms with E-state index in [1.54, 1.807) is 6.07 Å². The fraction of sp³-hybridized carbons (Fsp3) is 0.333. The molecule has 0 unspecified atom stereocenters. The Bertz CT molecular complexity index is 866. The van der Waals surface area contributed by atoms with Gasteiger partial charge < -0.3 is 0 Å². The summed E-state index contributed by atoms with van der Waals surface area (Å²) in [6.07, 6.45) is 2.06. The Morgan fingerprint density at radius 2 is 1.69 bits per heavy atom. The van der Waals surface area contributed by atoms with Crippen LogP contribution >= 0.6 is 11.6 Å². The summed E-state index contributed by atoms with van der Waals surface area (Å²) >= 11 is 6.30. The zero-order chi connectivity index (χ0) is 18.7. The Balaban J connectivity index is 1.84. The van der Waals surface area contributed by atoms with Crippen LogP contribution in [0, 0.1) is 11.6 Å². The summed E-state index contributed by atoms with van der Waals surface area (Å²) in [5.74, 6) is -1.87. The van der Waals surface area contributed by atoms with Gasteiger partial charge in [-0.05, 0) is 49.7 Å². The molecule has 1 aliphatic heterocycles. The van der Waals surface area contributed by atoms with Gasteiger partial charge in [0, 0.05) is 23.7 Å². The first-order valence-electron chi connectivity index (χ1n) is 8.31. The zero-order valence-corrected chi connectivity index (χ0v) is 15.5. The highest BCUT2D eigenvalue weighted by Gasteiger charge is 2.27. The van der Waals surface area contributed by atoms with Crippen molar-refractivity contribution < 1.29 is 17.2 Å². The molecule has 0 radical (unpaired) electrons. The summed E-state index contributed by atoms with van der Waals surface area (Å²) < 4.78 is 54.1. The van der Waals surface area contributed by atoms with Gasteiger partial charge in [-0.15, -0.1) is 0 Å². The highest BCUT2D eigenvalue weighted by Crippen LogP contribution is 2.30. The molecule has 1 saturated heterocycles. The van der Waals surface area contributed by atoms with Crippen LogP contribution in [0.1, 0.15) is 24.4 Å². The molecule has 0 amide bonds. The second-order valence-electron chi connectivity index (χ2n) is 6.24. The van der Waals surface area contributed by atoms with Crippen LogP contribution in [0.3, 0.4) is 0 Å². The number of hydrogen-bond donors (Lipinski definition) is 1. The first-order chi connectivity index (χ1) is 12.4. The van der Waals surface area contributed by atoms with Gasteiger partial charge in [-0.25, -0.2) is 21.9 Å². The summed E-state index contributed by atoms with van der Waals surface area (Å²) in [4.78, 5) is 1.73. The second kappa shape index (κ2) is 8.00. The summed E-state index contributed by atoms with van der Waals surface area (Å²) in [5.41, 5.74) is 0.823. The highest BCUT2D eigenvalue weighted by molar-refractivity contribution is 7.89. The molecule has 140 valence electrons. The van der Waals surface area contributed by atoms with Gasteiger partial charge >= 0.3 is 0 Å². The number of rotatable bonds is 6. The van der Waals surface area contributed by atoms with Crippen LogP contribution in [0.5, 0.6) is 0 Å². The predicted molar refractivity (Wildman–Crippen MR) is 96.5 cm³/mol. The van der Waals surface area contributed by atoms with Crippen molar-refractivity contribution in [2.75, 3.05) is 19.6 Å². The number of hydrogen-bond acceptors (Lipinski definition) is 3. The minimum Gasteiger partial charge on any atom is -0.295 e. The van der Waals surface area contributed by atoms with E-state index in [9.17, 15) is 17.2 Å². The molecule has 3 rings (SSSR count). The molecule has 0 bridgehead atoms. The highest BCUT2D eigenvalue weighted by atomic mass is 35.5. The molecule has 0 aromatic heterocycles. The number of nitrogens with zero attached hydrogens (tertiary/aromatic N) is 1. The van der Waals surface area contributed by atoms with Gasteiger partial charge in [-0.2, -0.15) is 0 Å². The van der Waals surface area contributed by atoms with Gasteiger partial charge in [-0.3, -0.25) is 4.90 Å². The molecule has 26 heavy (non-hydrogen) atoms. The fourth-order valence-electron chi connectivity index (χ4n) is 3.19. The van der Waals surface area contributed by atoms with E-state index in [1.165, 1.54) is 0 Å². The normalized spacial score (nSPS) is 16.7. The van der Waals surface area contributed by atoms with Crippen LogP contribution in [0.2, 0.25) is 5.02 Å². The van der Waals surface area contributed by atoms with E-state index < -0.39 is 26.6 Å². The van der Waals surface area contributed by atoms with Crippen LogP contribution in [0.15, 0.2) is 47.4 Å². The van der Waals surface area contributed by atoms with Crippen LogP contribution in [-0.4, -0.2) is 33.0 Å². The first-order valence-corrected chi connectivity index (χ1v) is 10.2. The van der Waals surface area contributed by atoms with Crippen molar-refractivity contribution in [3.05, 3.63) is 64.7 Å². The number of halogens is 3. The standard InChI is InChI=1S/C18H19ClF2N2O2S/c19-17-6-2-1-5-16(17)18(23-7-3-4-8-23)12-22-26(24,25)15-10-13(20)9-14(21)11-15/h1-2,5-6,9-11,18,22H,3-4,7-8,12H2/t18-/m1/s1. The average molecular weight is 401 g/mol. The molecule has 1 fully saturated rings. The largest absolute Gasteiger partial charge is 0.295 e. The van der Waals surface area contributed by atoms with E-state index in [4.69, 9.17) is 11.6 Å². The number of nitrogens with one attached hydrogen (secondary N) is 1. The molecule has 4 nitrogen and oxygen atoms in total. The van der Waals surface area contributed by atoms with Crippen LogP contribution in [0.25, 0.3) is 0 Å². The molecular formula is C18H19ClF2N2O2S. The Morgan fingerprint density at radius 1 is 1.08 bits per heavy atom. The Hall–Kier alpha value is -1.54. The molecule has 1 atom stereocenters. The maximum absolute atomic E-state index is 13.4. The lowest BCUT2D eigenvalue weighted by Gasteiger charge is -2.28. The van der Waals surface area contributed by atoms with Gasteiger partial charge in [0.05, 0.1) is 4.90 Å². The van der Waals surface area contributed by atoms with Gasteiger partial charge in [-0.1, -0.05) is 29.8 Å². The van der Waals surface area contributed by atoms with E-state index >= 15 is 0 Å². The lowest BCUT2D eigenvalue weighted by molar-refractivity contribution is 0.246. The van der Waals surface area contributed by atoms with E-state index in [0.717, 1.165) is 43.6 Å². The van der Waals surface area contributed by atoms with Gasteiger partial charge in [0.2, 0.25) is 10.0 Å². The summed E-state index contributed by atoms with van der Waals surface area (Å²) in [7, 11) is -4.05. The topological polar surface area (TPSA) is 49.4 Å². The third kappa shape index (κ3) is 4.40. The lowest BCUT2D eigenvalue weighted by atomic mass is 10.1. The van der Waals surface area contributed by atoms with Crippen molar-refractivity contribution >= 4 is 21.6 Å². The molecule has 2 aromatic rings. The van der Waals surface area contributed by atoms with Crippen molar-refractivity contribution in [1.82, 2.24) is 9.62 Å². The Kier molecular flexibility index (Phi) is 5.92. The minimum atomic E-state index is -4.05. The van der Waals surface area contributed by atoms with Crippen LogP contribution in [-0.2, 0) is 10.0 Å². The molecule has 2 aromatic carbocycles. The molecule has 0 saturated carbocycles. The second-order valence-corrected chi connectivity index (χ2v) is 8.41. The molecule has 0 aliphatic carbocycles. The lowest BCUT2D eigenvalue weighted by Crippen LogP contribution is -2.37. The smallest absolute Gasteiger partial charge is 0.240 e. The molecule has 1 aliphatic rings. The number of sulfonamides is 1. The summed E-state index contributed by atoms with van der Waals surface area (Å²) in [5, 5.41) is 0.556. The van der Waals surface area contributed by atoms with Gasteiger partial charge in [0.1, 0.15) is 11.6 Å². The SMILES string of the molecule is O=S(=O)(NC[C@H](c1ccccc1Cl)N1CCCC1)c1cc(F)cc(F)c1. The number of benzene rings is 2. The van der Waals surface area contributed by atoms with Gasteiger partial charge in [0.25, 0.3) is 0 Å². The zero-order valence-electron chi connectivity index (χ0n) is 14.0. The monoisotopic (exact) mass is 400 g/mol. The maximum atomic E-state index is 13.4. The van der Waals surface area contributed by atoms with Crippen molar-refractivity contribution in [3.63, 3.8) is 0 Å². The van der Waals surface area contributed by atoms with Crippen molar-refractivity contribution in [2.24, 2.45) is 0 Å². The maximum Gasteiger partial charge on any atom is 0.240 e. The first kappa shape index (κ1) is 19.2. The quantitative estimate of drug-likeness (QED) is 0.803. The molecule has 1 N–H and O–H groups in total. The Morgan fingerprint density at radius 3 is 2.31 bits per heavy atom. The third-order valence-electron chi connectivity index (χ3n) is 4.46. The minimum absolute atomic E-state index is 0.0597. The van der Waals surface area contributed by atoms with Crippen LogP contribution < -0.4 is 4.72 Å². The summed E-state index contributed by atoms with van der Waals surface area (Å²) in [6, 6.07) is 9.26. The van der Waals surface area contributed by atoms with E-state index in [-0.39, 0.29) is 12.6 Å². The molecular weight excluding hydrogens is 382 g/mol. The summed E-state index contributed by atoms with van der Waals surface area (Å²) in [6.45, 7) is 1.74. The van der Waals surface area contributed by atoms with Crippen molar-refractivity contribution in [3.8, 4) is 0 Å². The molecule has 8 heteroatoms. The van der Waals surface area contributed by atoms with Crippen LogP contribution in [0.4, 0.5) is 8.78 Å². The van der Waals surface area contributed by atoms with Gasteiger partial charge in [0.15, 0.2) is 0 Å². The fourth-order valence-corrected chi connectivity index (χ4v) is 4.53. The molecule has 1 heterocycles. The average Bonchev–Trinajstić information content (AvgIpc) is 3.10. The van der Waals surface area contributed by atoms with E-state index in [1.807, 2.05) is 18.2 Å². The molecule has 0 spiro atoms. The van der Waals surface area contributed by atoms with E-state index in [0.29, 0.717) is 11.1 Å². The van der Waals surface area contributed by atoms with Crippen molar-refractivity contribution in [2.45, 2.75) is 23.8 Å². The predicted octanol–water partition coefficient (Wildman–Crippen LogP) is 3.73. The number of likely N-dealkylation sites (tertiary alicyclic amines) is 1.